The number of imidazole rings is 1. The van der Waals surface area contributed by atoms with Crippen molar-refractivity contribution in [2.45, 2.75) is 65.5 Å². The number of aryl methyl sites for hydroxylation is 2. The molecule has 2 aromatic heterocycles. The predicted octanol–water partition coefficient (Wildman–Crippen LogP) is 4.69. The Labute approximate surface area is 204 Å². The number of carbonyl (C=O) groups is 2. The van der Waals surface area contributed by atoms with E-state index in [-0.39, 0.29) is 5.56 Å². The number of nitrogens with zero attached hydrogens (tertiary/aromatic N) is 3. The molecule has 0 radical (unpaired) electrons. The smallest absolute Gasteiger partial charge is 0.408 e. The molecule has 0 saturated carbocycles. The lowest BCUT2D eigenvalue weighted by Crippen LogP contribution is -2.49. The first kappa shape index (κ1) is 24.5. The number of hydrogen-bond donors (Lipinski definition) is 3. The van der Waals surface area contributed by atoms with E-state index >= 15 is 0 Å². The third-order valence-corrected chi connectivity index (χ3v) is 6.24. The Balaban J connectivity index is 1.78. The van der Waals surface area contributed by atoms with E-state index in [1.54, 1.807) is 6.20 Å². The van der Waals surface area contributed by atoms with Crippen LogP contribution in [0.25, 0.3) is 22.4 Å². The number of carboxylic acid groups (broad SMARTS) is 1. The van der Waals surface area contributed by atoms with Gasteiger partial charge in [0.05, 0.1) is 33.5 Å². The van der Waals surface area contributed by atoms with E-state index in [0.717, 1.165) is 16.6 Å². The fourth-order valence-corrected chi connectivity index (χ4v) is 4.64. The minimum absolute atomic E-state index is 0.170. The van der Waals surface area contributed by atoms with Crippen LogP contribution in [0.3, 0.4) is 0 Å². The summed E-state index contributed by atoms with van der Waals surface area (Å²) in [6.45, 7) is 12.3. The van der Waals surface area contributed by atoms with Gasteiger partial charge in [-0.2, -0.15) is 0 Å². The number of aromatic nitrogens is 3. The van der Waals surface area contributed by atoms with Gasteiger partial charge in [0.15, 0.2) is 0 Å². The molecule has 9 nitrogen and oxygen atoms in total. The molecule has 0 unspecified atom stereocenters. The summed E-state index contributed by atoms with van der Waals surface area (Å²) in [5.41, 5.74) is 3.41. The number of para-hydroxylation sites is 1. The van der Waals surface area contributed by atoms with Gasteiger partial charge in [0.25, 0.3) is 0 Å². The molecule has 0 aliphatic carbocycles. The second kappa shape index (κ2) is 8.87. The lowest BCUT2D eigenvalue weighted by Gasteiger charge is -2.30. The van der Waals surface area contributed by atoms with Crippen LogP contribution in [-0.4, -0.2) is 56.4 Å². The number of amides is 1. The van der Waals surface area contributed by atoms with E-state index in [1.165, 1.54) is 0 Å². The quantitative estimate of drug-likeness (QED) is 0.486. The summed E-state index contributed by atoms with van der Waals surface area (Å²) < 4.78 is 5.45. The van der Waals surface area contributed by atoms with Crippen molar-refractivity contribution in [2.75, 3.05) is 18.0 Å². The molecule has 9 heteroatoms. The SMILES string of the molecule is CCc1ncc(-c2nc3c(C)cccc3[nH]2)c(N2CC[C@](C)(NC(=O)OC(C)(C)C)C2)c1C(=O)O. The number of hydrogen-bond acceptors (Lipinski definition) is 6. The normalized spacial score (nSPS) is 18.2. The van der Waals surface area contributed by atoms with Crippen molar-refractivity contribution >= 4 is 28.8 Å². The number of pyridine rings is 1. The van der Waals surface area contributed by atoms with Crippen LogP contribution in [0.5, 0.6) is 0 Å². The molecule has 186 valence electrons. The number of aromatic carboxylic acids is 1. The van der Waals surface area contributed by atoms with Gasteiger partial charge >= 0.3 is 12.1 Å². The standard InChI is InChI=1S/C26H33N5O4/c1-7-17-19(23(32)33)21(31-12-11-26(6,14-31)30-24(34)35-25(3,4)5)16(13-27-17)22-28-18-10-8-9-15(2)20(18)29-22/h8-10,13H,7,11-12,14H2,1-6H3,(H,28,29)(H,30,34)(H,32,33)/t26-/m0/s1. The molecule has 3 N–H and O–H groups in total. The first-order valence-electron chi connectivity index (χ1n) is 11.9. The highest BCUT2D eigenvalue weighted by Gasteiger charge is 2.39. The number of benzene rings is 1. The lowest BCUT2D eigenvalue weighted by molar-refractivity contribution is 0.0472. The molecular weight excluding hydrogens is 446 g/mol. The molecule has 1 atom stereocenters. The molecule has 1 fully saturated rings. The molecule has 1 amide bonds. The summed E-state index contributed by atoms with van der Waals surface area (Å²) in [5, 5.41) is 13.2. The number of rotatable bonds is 5. The number of nitrogens with one attached hydrogen (secondary N) is 2. The summed E-state index contributed by atoms with van der Waals surface area (Å²) in [6, 6.07) is 5.89. The van der Waals surface area contributed by atoms with Crippen LogP contribution in [0.15, 0.2) is 24.4 Å². The topological polar surface area (TPSA) is 120 Å². The zero-order chi connectivity index (χ0) is 25.5. The third-order valence-electron chi connectivity index (χ3n) is 6.24. The molecule has 3 heterocycles. The number of ether oxygens (including phenoxy) is 1. The highest BCUT2D eigenvalue weighted by molar-refractivity contribution is 6.00. The maximum atomic E-state index is 12.5. The minimum Gasteiger partial charge on any atom is -0.478 e. The highest BCUT2D eigenvalue weighted by atomic mass is 16.6. The van der Waals surface area contributed by atoms with E-state index in [9.17, 15) is 14.7 Å². The number of H-pyrrole nitrogens is 1. The summed E-state index contributed by atoms with van der Waals surface area (Å²) >= 11 is 0. The van der Waals surface area contributed by atoms with E-state index < -0.39 is 23.2 Å². The molecule has 1 aromatic carbocycles. The van der Waals surface area contributed by atoms with E-state index in [1.807, 2.05) is 64.6 Å². The van der Waals surface area contributed by atoms with Crippen molar-refractivity contribution in [2.24, 2.45) is 0 Å². The Hall–Kier alpha value is -3.62. The van der Waals surface area contributed by atoms with Gasteiger partial charge in [0, 0.05) is 19.3 Å². The predicted molar refractivity (Wildman–Crippen MR) is 135 cm³/mol. The van der Waals surface area contributed by atoms with Crippen molar-refractivity contribution < 1.29 is 19.4 Å². The molecule has 1 saturated heterocycles. The van der Waals surface area contributed by atoms with Crippen LogP contribution in [0, 0.1) is 6.92 Å². The van der Waals surface area contributed by atoms with Crippen LogP contribution >= 0.6 is 0 Å². The van der Waals surface area contributed by atoms with Gasteiger partial charge in [-0.3, -0.25) is 4.98 Å². The zero-order valence-electron chi connectivity index (χ0n) is 21.2. The summed E-state index contributed by atoms with van der Waals surface area (Å²) in [5.74, 6) is -0.470. The highest BCUT2D eigenvalue weighted by Crippen LogP contribution is 2.38. The van der Waals surface area contributed by atoms with Crippen molar-refractivity contribution in [3.05, 3.63) is 41.2 Å². The fraction of sp³-hybridized carbons (Fsp3) is 0.462. The Morgan fingerprint density at radius 2 is 2.06 bits per heavy atom. The average Bonchev–Trinajstić information content (AvgIpc) is 3.35. The van der Waals surface area contributed by atoms with Crippen LogP contribution in [0.4, 0.5) is 10.5 Å². The van der Waals surface area contributed by atoms with E-state index in [2.05, 4.69) is 15.3 Å². The average molecular weight is 480 g/mol. The third kappa shape index (κ3) is 4.94. The maximum absolute atomic E-state index is 12.5. The fourth-order valence-electron chi connectivity index (χ4n) is 4.64. The Bertz CT molecular complexity index is 1290. The van der Waals surface area contributed by atoms with Crippen molar-refractivity contribution in [3.8, 4) is 11.4 Å². The molecule has 0 spiro atoms. The van der Waals surface area contributed by atoms with Crippen molar-refractivity contribution in [1.82, 2.24) is 20.3 Å². The monoisotopic (exact) mass is 479 g/mol. The summed E-state index contributed by atoms with van der Waals surface area (Å²) in [6.07, 6.45) is 2.32. The molecule has 4 rings (SSSR count). The first-order valence-corrected chi connectivity index (χ1v) is 11.9. The number of aromatic amines is 1. The number of carboxylic acids is 1. The Kier molecular flexibility index (Phi) is 6.21. The van der Waals surface area contributed by atoms with Gasteiger partial charge < -0.3 is 25.0 Å². The van der Waals surface area contributed by atoms with Gasteiger partial charge in [-0.25, -0.2) is 14.6 Å². The molecule has 3 aromatic rings. The zero-order valence-corrected chi connectivity index (χ0v) is 21.2. The van der Waals surface area contributed by atoms with Gasteiger partial charge in [-0.1, -0.05) is 19.1 Å². The largest absolute Gasteiger partial charge is 0.478 e. The number of alkyl carbamates (subject to hydrolysis) is 1. The second-order valence-electron chi connectivity index (χ2n) is 10.4. The number of anilines is 1. The van der Waals surface area contributed by atoms with Gasteiger partial charge in [0.1, 0.15) is 17.0 Å². The van der Waals surface area contributed by atoms with Crippen LogP contribution in [0.2, 0.25) is 0 Å². The van der Waals surface area contributed by atoms with Gasteiger partial charge in [-0.15, -0.1) is 0 Å². The number of fused-ring (bicyclic) bond motifs is 1. The summed E-state index contributed by atoms with van der Waals surface area (Å²) in [7, 11) is 0. The Morgan fingerprint density at radius 1 is 1.31 bits per heavy atom. The molecule has 0 bridgehead atoms. The molecular formula is C26H33N5O4. The molecule has 1 aliphatic rings. The van der Waals surface area contributed by atoms with E-state index in [4.69, 9.17) is 9.72 Å². The van der Waals surface area contributed by atoms with E-state index in [0.29, 0.717) is 48.7 Å². The summed E-state index contributed by atoms with van der Waals surface area (Å²) in [4.78, 5) is 39.6. The van der Waals surface area contributed by atoms with Crippen LogP contribution < -0.4 is 10.2 Å². The molecule has 35 heavy (non-hydrogen) atoms. The van der Waals surface area contributed by atoms with Crippen LogP contribution in [0.1, 0.15) is 62.7 Å². The minimum atomic E-state index is -1.04. The van der Waals surface area contributed by atoms with Gasteiger partial charge in [-0.05, 0) is 59.1 Å². The maximum Gasteiger partial charge on any atom is 0.408 e. The first-order chi connectivity index (χ1) is 16.4. The Morgan fingerprint density at radius 3 is 2.69 bits per heavy atom. The second-order valence-corrected chi connectivity index (χ2v) is 10.4. The van der Waals surface area contributed by atoms with Crippen molar-refractivity contribution in [1.29, 1.82) is 0 Å². The van der Waals surface area contributed by atoms with Gasteiger partial charge in [0.2, 0.25) is 0 Å². The van der Waals surface area contributed by atoms with Crippen molar-refractivity contribution in [3.63, 3.8) is 0 Å². The molecule has 1 aliphatic heterocycles. The van der Waals surface area contributed by atoms with Crippen LogP contribution in [-0.2, 0) is 11.2 Å². The number of carbonyl (C=O) groups excluding carboxylic acids is 1. The lowest BCUT2D eigenvalue weighted by atomic mass is 10.0.